The molecule has 0 aliphatic carbocycles. The predicted molar refractivity (Wildman–Crippen MR) is 31.9 cm³/mol. The standard InChI is InChI=1S/C7H5F3/c1-2-3-4-5-6-7(8,9)10/h2H2,1H3. The van der Waals surface area contributed by atoms with Crippen molar-refractivity contribution < 1.29 is 13.2 Å². The van der Waals surface area contributed by atoms with Gasteiger partial charge in [-0.1, -0.05) is 12.8 Å². The Balaban J connectivity index is 3.93. The summed E-state index contributed by atoms with van der Waals surface area (Å²) in [7, 11) is 0. The second kappa shape index (κ2) is 3.85. The highest BCUT2D eigenvalue weighted by molar-refractivity contribution is 5.27. The number of rotatable bonds is 0. The van der Waals surface area contributed by atoms with Gasteiger partial charge in [-0.2, -0.15) is 13.2 Å². The maximum Gasteiger partial charge on any atom is 0.458 e. The minimum atomic E-state index is -4.41. The topological polar surface area (TPSA) is 0 Å². The van der Waals surface area contributed by atoms with Crippen molar-refractivity contribution in [3.8, 4) is 23.7 Å². The lowest BCUT2D eigenvalue weighted by molar-refractivity contribution is -0.0696. The molecule has 0 aromatic heterocycles. The molecule has 0 aliphatic heterocycles. The summed E-state index contributed by atoms with van der Waals surface area (Å²) >= 11 is 0. The smallest absolute Gasteiger partial charge is 0.159 e. The molecular formula is C7H5F3. The van der Waals surface area contributed by atoms with Gasteiger partial charge >= 0.3 is 6.18 Å². The van der Waals surface area contributed by atoms with Gasteiger partial charge in [0.15, 0.2) is 0 Å². The minimum absolute atomic E-state index is 0.520. The number of alkyl halides is 3. The van der Waals surface area contributed by atoms with E-state index in [0.717, 1.165) is 5.92 Å². The highest BCUT2D eigenvalue weighted by atomic mass is 19.4. The van der Waals surface area contributed by atoms with Crippen LogP contribution in [0.5, 0.6) is 0 Å². The molecule has 0 rings (SSSR count). The summed E-state index contributed by atoms with van der Waals surface area (Å²) in [5.41, 5.74) is 0. The van der Waals surface area contributed by atoms with Crippen LogP contribution in [0.15, 0.2) is 0 Å². The fourth-order valence-corrected chi connectivity index (χ4v) is 0.235. The largest absolute Gasteiger partial charge is 0.458 e. The van der Waals surface area contributed by atoms with Crippen molar-refractivity contribution in [2.24, 2.45) is 0 Å². The van der Waals surface area contributed by atoms with Crippen molar-refractivity contribution in [1.29, 1.82) is 0 Å². The monoisotopic (exact) mass is 146 g/mol. The van der Waals surface area contributed by atoms with Crippen molar-refractivity contribution in [3.05, 3.63) is 0 Å². The summed E-state index contributed by atoms with van der Waals surface area (Å²) in [6.07, 6.45) is -3.89. The van der Waals surface area contributed by atoms with E-state index in [1.165, 1.54) is 0 Å². The van der Waals surface area contributed by atoms with Gasteiger partial charge in [-0.15, -0.1) is 0 Å². The van der Waals surface area contributed by atoms with Gasteiger partial charge in [0.2, 0.25) is 0 Å². The first kappa shape index (κ1) is 8.91. The Labute approximate surface area is 57.4 Å². The summed E-state index contributed by atoms with van der Waals surface area (Å²) in [6, 6.07) is 0. The van der Waals surface area contributed by atoms with Crippen molar-refractivity contribution >= 4 is 0 Å². The Morgan fingerprint density at radius 1 is 1.20 bits per heavy atom. The highest BCUT2D eigenvalue weighted by Crippen LogP contribution is 2.11. The molecule has 0 aromatic rings. The molecule has 0 fully saturated rings. The van der Waals surface area contributed by atoms with Crippen LogP contribution in [0.25, 0.3) is 0 Å². The molecule has 0 atom stereocenters. The highest BCUT2D eigenvalue weighted by Gasteiger charge is 2.22. The Kier molecular flexibility index (Phi) is 3.43. The molecule has 0 spiro atoms. The van der Waals surface area contributed by atoms with E-state index in [4.69, 9.17) is 0 Å². The fourth-order valence-electron chi connectivity index (χ4n) is 0.235. The number of hydrogen-bond acceptors (Lipinski definition) is 0. The van der Waals surface area contributed by atoms with Gasteiger partial charge in [0.25, 0.3) is 0 Å². The van der Waals surface area contributed by atoms with Crippen molar-refractivity contribution in [2.45, 2.75) is 19.5 Å². The summed E-state index contributed by atoms with van der Waals surface area (Å²) < 4.78 is 33.7. The normalized spacial score (nSPS) is 8.80. The van der Waals surface area contributed by atoms with Gasteiger partial charge in [0, 0.05) is 12.3 Å². The van der Waals surface area contributed by atoms with Gasteiger partial charge in [-0.25, -0.2) is 0 Å². The zero-order chi connectivity index (χ0) is 8.04. The van der Waals surface area contributed by atoms with Gasteiger partial charge < -0.3 is 0 Å². The quantitative estimate of drug-likeness (QED) is 0.458. The third-order valence-electron chi connectivity index (χ3n) is 0.532. The molecule has 10 heavy (non-hydrogen) atoms. The summed E-state index contributed by atoms with van der Waals surface area (Å²) in [5, 5.41) is 0. The van der Waals surface area contributed by atoms with Gasteiger partial charge in [0.05, 0.1) is 0 Å². The lowest BCUT2D eigenvalue weighted by Gasteiger charge is -1.89. The van der Waals surface area contributed by atoms with Gasteiger partial charge in [-0.05, 0) is 11.8 Å². The molecule has 0 nitrogen and oxygen atoms in total. The van der Waals surface area contributed by atoms with E-state index in [1.807, 2.05) is 0 Å². The van der Waals surface area contributed by atoms with E-state index in [2.05, 4.69) is 11.8 Å². The minimum Gasteiger partial charge on any atom is -0.159 e. The molecule has 0 saturated heterocycles. The van der Waals surface area contributed by atoms with Crippen LogP contribution < -0.4 is 0 Å². The van der Waals surface area contributed by atoms with Gasteiger partial charge in [0.1, 0.15) is 0 Å². The molecule has 0 unspecified atom stereocenters. The molecule has 0 aromatic carbocycles. The second-order valence-corrected chi connectivity index (χ2v) is 1.40. The number of halogens is 3. The third kappa shape index (κ3) is 6.91. The molecule has 0 bridgehead atoms. The van der Waals surface area contributed by atoms with E-state index in [0.29, 0.717) is 6.42 Å². The summed E-state index contributed by atoms with van der Waals surface area (Å²) in [6.45, 7) is 1.74. The Hall–Kier alpha value is -1.09. The van der Waals surface area contributed by atoms with E-state index < -0.39 is 6.18 Å². The third-order valence-corrected chi connectivity index (χ3v) is 0.532. The first-order valence-corrected chi connectivity index (χ1v) is 2.63. The zero-order valence-corrected chi connectivity index (χ0v) is 5.34. The van der Waals surface area contributed by atoms with Crippen molar-refractivity contribution in [2.75, 3.05) is 0 Å². The average Bonchev–Trinajstić information content (AvgIpc) is 1.78. The zero-order valence-electron chi connectivity index (χ0n) is 5.34. The first-order chi connectivity index (χ1) is 4.56. The van der Waals surface area contributed by atoms with E-state index in [9.17, 15) is 13.2 Å². The molecule has 54 valence electrons. The SMILES string of the molecule is CCC#CC#CC(F)(F)F. The van der Waals surface area contributed by atoms with E-state index >= 15 is 0 Å². The average molecular weight is 146 g/mol. The van der Waals surface area contributed by atoms with Crippen LogP contribution in [0.1, 0.15) is 13.3 Å². The molecule has 0 heterocycles. The molecule has 0 N–H and O–H groups in total. The van der Waals surface area contributed by atoms with Crippen LogP contribution in [0.2, 0.25) is 0 Å². The molecular weight excluding hydrogens is 141 g/mol. The maximum absolute atomic E-state index is 11.2. The molecule has 3 heteroatoms. The number of hydrogen-bond donors (Lipinski definition) is 0. The van der Waals surface area contributed by atoms with Crippen LogP contribution in [0.3, 0.4) is 0 Å². The van der Waals surface area contributed by atoms with E-state index in [1.54, 1.807) is 12.8 Å². The first-order valence-electron chi connectivity index (χ1n) is 2.63. The predicted octanol–water partition coefficient (Wildman–Crippen LogP) is 1.97. The van der Waals surface area contributed by atoms with Gasteiger partial charge in [-0.3, -0.25) is 0 Å². The maximum atomic E-state index is 11.2. The fraction of sp³-hybridized carbons (Fsp3) is 0.429. The lowest BCUT2D eigenvalue weighted by Crippen LogP contribution is -2.00. The Morgan fingerprint density at radius 2 is 1.80 bits per heavy atom. The molecule has 0 radical (unpaired) electrons. The van der Waals surface area contributed by atoms with Crippen LogP contribution in [0.4, 0.5) is 13.2 Å². The van der Waals surface area contributed by atoms with Crippen molar-refractivity contribution in [1.82, 2.24) is 0 Å². The Morgan fingerprint density at radius 3 is 2.20 bits per heavy atom. The molecule has 0 saturated carbocycles. The van der Waals surface area contributed by atoms with Crippen LogP contribution in [-0.4, -0.2) is 6.18 Å². The molecule has 0 amide bonds. The van der Waals surface area contributed by atoms with E-state index in [-0.39, 0.29) is 0 Å². The second-order valence-electron chi connectivity index (χ2n) is 1.40. The van der Waals surface area contributed by atoms with Crippen molar-refractivity contribution in [3.63, 3.8) is 0 Å². The van der Waals surface area contributed by atoms with Crippen LogP contribution >= 0.6 is 0 Å². The van der Waals surface area contributed by atoms with Crippen LogP contribution in [-0.2, 0) is 0 Å². The summed E-state index contributed by atoms with van der Waals surface area (Å²) in [5.74, 6) is 7.18. The Bertz CT molecular complexity index is 203. The summed E-state index contributed by atoms with van der Waals surface area (Å²) in [4.78, 5) is 0. The van der Waals surface area contributed by atoms with Crippen LogP contribution in [0, 0.1) is 23.7 Å². The lowest BCUT2D eigenvalue weighted by atomic mass is 10.4. The molecule has 0 aliphatic rings.